The molecule has 0 aliphatic carbocycles. The molecule has 37 heavy (non-hydrogen) atoms. The van der Waals surface area contributed by atoms with Gasteiger partial charge in [0.1, 0.15) is 5.56 Å². The van der Waals surface area contributed by atoms with E-state index in [1.165, 1.54) is 14.9 Å². The molecule has 2 N–H and O–H groups in total. The van der Waals surface area contributed by atoms with Gasteiger partial charge in [0.2, 0.25) is 10.0 Å². The molecule has 1 aromatic heterocycles. The number of anilines is 2. The molecule has 0 radical (unpaired) electrons. The number of carbonyl (C=O) groups excluding carboxylic acids is 3. The number of likely N-dealkylation sites (tertiary alicyclic amines) is 1. The van der Waals surface area contributed by atoms with Gasteiger partial charge in [0.15, 0.2) is 0 Å². The number of aryl methyl sites for hydroxylation is 2. The van der Waals surface area contributed by atoms with Gasteiger partial charge in [0.05, 0.1) is 11.9 Å². The molecule has 0 unspecified atom stereocenters. The molecule has 1 fully saturated rings. The van der Waals surface area contributed by atoms with Crippen molar-refractivity contribution in [2.24, 2.45) is 13.0 Å². The average Bonchev–Trinajstić information content (AvgIpc) is 2.87. The lowest BCUT2D eigenvalue weighted by Crippen LogP contribution is -2.44. The van der Waals surface area contributed by atoms with E-state index < -0.39 is 21.8 Å². The highest BCUT2D eigenvalue weighted by Gasteiger charge is 2.27. The third-order valence-electron chi connectivity index (χ3n) is 6.83. The molecule has 198 valence electrons. The summed E-state index contributed by atoms with van der Waals surface area (Å²) >= 11 is 0. The van der Waals surface area contributed by atoms with Crippen LogP contribution in [0.2, 0.25) is 0 Å². The number of carbonyl (C=O) groups is 3. The molecule has 2 aliphatic rings. The Bertz CT molecular complexity index is 1380. The summed E-state index contributed by atoms with van der Waals surface area (Å²) in [6, 6.07) is 8.18. The number of fused-ring (bicyclic) bond motifs is 1. The number of aromatic nitrogens is 1. The number of sulfonamides is 1. The van der Waals surface area contributed by atoms with Gasteiger partial charge in [0.25, 0.3) is 11.5 Å². The quantitative estimate of drug-likeness (QED) is 0.547. The van der Waals surface area contributed by atoms with Crippen molar-refractivity contribution in [3.63, 3.8) is 0 Å². The monoisotopic (exact) mass is 529 g/mol. The number of nitrogens with one attached hydrogen (secondary N) is 2. The van der Waals surface area contributed by atoms with Crippen molar-refractivity contribution in [2.75, 3.05) is 42.1 Å². The van der Waals surface area contributed by atoms with E-state index in [1.807, 2.05) is 0 Å². The summed E-state index contributed by atoms with van der Waals surface area (Å²) in [5.41, 5.74) is 1.53. The first kappa shape index (κ1) is 26.4. The van der Waals surface area contributed by atoms with Crippen LogP contribution in [0.1, 0.15) is 35.2 Å². The van der Waals surface area contributed by atoms with Crippen molar-refractivity contribution >= 4 is 39.1 Å². The van der Waals surface area contributed by atoms with Crippen LogP contribution in [0.5, 0.6) is 0 Å². The molecule has 2 aromatic rings. The maximum Gasteiger partial charge on any atom is 0.313 e. The molecular formula is C25H31N5O6S. The van der Waals surface area contributed by atoms with E-state index in [2.05, 4.69) is 10.6 Å². The van der Waals surface area contributed by atoms with Crippen molar-refractivity contribution in [2.45, 2.75) is 25.7 Å². The normalized spacial score (nSPS) is 16.2. The van der Waals surface area contributed by atoms with E-state index in [9.17, 15) is 27.6 Å². The Hall–Kier alpha value is -3.67. The number of benzene rings is 1. The van der Waals surface area contributed by atoms with E-state index in [-0.39, 0.29) is 29.5 Å². The zero-order valence-corrected chi connectivity index (χ0v) is 21.7. The molecule has 0 saturated carbocycles. The summed E-state index contributed by atoms with van der Waals surface area (Å²) in [6.07, 6.45) is 5.46. The lowest BCUT2D eigenvalue weighted by atomic mass is 9.96. The smallest absolute Gasteiger partial charge is 0.313 e. The summed E-state index contributed by atoms with van der Waals surface area (Å²) in [4.78, 5) is 51.4. The van der Waals surface area contributed by atoms with Gasteiger partial charge in [-0.3, -0.25) is 23.5 Å². The zero-order chi connectivity index (χ0) is 26.7. The summed E-state index contributed by atoms with van der Waals surface area (Å²) in [5, 5.41) is 5.19. The number of hydrogen-bond acceptors (Lipinski definition) is 6. The number of nitrogens with zero attached hydrogens (tertiary/aromatic N) is 3. The van der Waals surface area contributed by atoms with Crippen LogP contribution >= 0.6 is 0 Å². The standard InChI is InChI=1S/C25H31N5O6S/c1-28-11-4-6-20(24(28)33)25(34)29-13-9-17(10-14-29)16-26-22(31)23(32)27-19-8-7-18-5-3-12-30(21(18)15-19)37(2,35)36/h4,6-8,11,15,17H,3,5,9-10,12-14,16H2,1-2H3,(H,26,31)(H,27,32). The van der Waals surface area contributed by atoms with Gasteiger partial charge in [-0.25, -0.2) is 8.42 Å². The molecule has 4 rings (SSSR count). The fourth-order valence-corrected chi connectivity index (χ4v) is 5.73. The summed E-state index contributed by atoms with van der Waals surface area (Å²) in [7, 11) is -1.85. The molecule has 11 nitrogen and oxygen atoms in total. The number of hydrogen-bond donors (Lipinski definition) is 2. The zero-order valence-electron chi connectivity index (χ0n) is 20.9. The third kappa shape index (κ3) is 6.01. The number of amides is 3. The van der Waals surface area contributed by atoms with Crippen LogP contribution in [0.25, 0.3) is 0 Å². The van der Waals surface area contributed by atoms with Crippen LogP contribution < -0.4 is 20.5 Å². The molecule has 1 aromatic carbocycles. The molecule has 0 atom stereocenters. The predicted molar refractivity (Wildman–Crippen MR) is 139 cm³/mol. The number of piperidine rings is 1. The fraction of sp³-hybridized carbons (Fsp3) is 0.440. The van der Waals surface area contributed by atoms with Crippen LogP contribution in [-0.4, -0.2) is 68.0 Å². The van der Waals surface area contributed by atoms with E-state index in [1.54, 1.807) is 42.4 Å². The van der Waals surface area contributed by atoms with Gasteiger partial charge in [-0.05, 0) is 61.4 Å². The van der Waals surface area contributed by atoms with Gasteiger partial charge in [-0.2, -0.15) is 0 Å². The van der Waals surface area contributed by atoms with Crippen molar-refractivity contribution in [3.05, 3.63) is 58.0 Å². The van der Waals surface area contributed by atoms with Crippen molar-refractivity contribution in [1.29, 1.82) is 0 Å². The molecule has 2 aliphatic heterocycles. The Morgan fingerprint density at radius 1 is 1.05 bits per heavy atom. The van der Waals surface area contributed by atoms with Gasteiger partial charge in [0, 0.05) is 45.1 Å². The minimum atomic E-state index is -3.45. The Kier molecular flexibility index (Phi) is 7.67. The van der Waals surface area contributed by atoms with Crippen LogP contribution in [-0.2, 0) is 33.1 Å². The molecule has 12 heteroatoms. The summed E-state index contributed by atoms with van der Waals surface area (Å²) in [6.45, 7) is 1.56. The SMILES string of the molecule is Cn1cccc(C(=O)N2CCC(CNC(=O)C(=O)Nc3ccc4c(c3)N(S(C)(=O)=O)CCC4)CC2)c1=O. The molecule has 3 heterocycles. The van der Waals surface area contributed by atoms with Crippen LogP contribution in [0.15, 0.2) is 41.3 Å². The first-order chi connectivity index (χ1) is 17.5. The maximum atomic E-state index is 12.7. The second-order valence-corrected chi connectivity index (χ2v) is 11.4. The molecule has 0 bridgehead atoms. The van der Waals surface area contributed by atoms with E-state index in [0.717, 1.165) is 18.2 Å². The second-order valence-electron chi connectivity index (χ2n) is 9.52. The van der Waals surface area contributed by atoms with Crippen LogP contribution in [0.4, 0.5) is 11.4 Å². The Balaban J connectivity index is 1.28. The highest BCUT2D eigenvalue weighted by atomic mass is 32.2. The molecule has 1 saturated heterocycles. The van der Waals surface area contributed by atoms with Crippen LogP contribution in [0, 0.1) is 5.92 Å². The minimum absolute atomic E-state index is 0.0893. The molecule has 0 spiro atoms. The second kappa shape index (κ2) is 10.8. The largest absolute Gasteiger partial charge is 0.348 e. The minimum Gasteiger partial charge on any atom is -0.348 e. The number of rotatable bonds is 5. The topological polar surface area (TPSA) is 138 Å². The highest BCUT2D eigenvalue weighted by molar-refractivity contribution is 7.92. The Morgan fingerprint density at radius 3 is 2.49 bits per heavy atom. The highest BCUT2D eigenvalue weighted by Crippen LogP contribution is 2.31. The average molecular weight is 530 g/mol. The lowest BCUT2D eigenvalue weighted by molar-refractivity contribution is -0.136. The van der Waals surface area contributed by atoms with Crippen molar-refractivity contribution in [3.8, 4) is 0 Å². The van der Waals surface area contributed by atoms with E-state index >= 15 is 0 Å². The Labute approximate surface area is 215 Å². The van der Waals surface area contributed by atoms with Gasteiger partial charge in [-0.1, -0.05) is 6.07 Å². The first-order valence-corrected chi connectivity index (χ1v) is 14.0. The van der Waals surface area contributed by atoms with Gasteiger partial charge >= 0.3 is 11.8 Å². The van der Waals surface area contributed by atoms with Crippen molar-refractivity contribution in [1.82, 2.24) is 14.8 Å². The molecular weight excluding hydrogens is 498 g/mol. The Morgan fingerprint density at radius 2 is 1.78 bits per heavy atom. The number of pyridine rings is 1. The van der Waals surface area contributed by atoms with E-state index in [0.29, 0.717) is 50.3 Å². The summed E-state index contributed by atoms with van der Waals surface area (Å²) < 4.78 is 26.9. The van der Waals surface area contributed by atoms with Crippen molar-refractivity contribution < 1.29 is 22.8 Å². The maximum absolute atomic E-state index is 12.7. The first-order valence-electron chi connectivity index (χ1n) is 12.2. The molecule has 3 amide bonds. The van der Waals surface area contributed by atoms with Crippen LogP contribution in [0.3, 0.4) is 0 Å². The van der Waals surface area contributed by atoms with Gasteiger partial charge < -0.3 is 20.1 Å². The summed E-state index contributed by atoms with van der Waals surface area (Å²) in [5.74, 6) is -1.84. The van der Waals surface area contributed by atoms with E-state index in [4.69, 9.17) is 0 Å². The third-order valence-corrected chi connectivity index (χ3v) is 8.01. The van der Waals surface area contributed by atoms with Gasteiger partial charge in [-0.15, -0.1) is 0 Å². The lowest BCUT2D eigenvalue weighted by Gasteiger charge is -2.32. The predicted octanol–water partition coefficient (Wildman–Crippen LogP) is 0.705. The fourth-order valence-electron chi connectivity index (χ4n) is 4.74.